The average molecular weight is 568 g/mol. The number of nitrogens with zero attached hydrogens (tertiary/aromatic N) is 2. The van der Waals surface area contributed by atoms with Crippen molar-refractivity contribution in [3.63, 3.8) is 0 Å². The Kier molecular flexibility index (Phi) is 9.11. The van der Waals surface area contributed by atoms with Crippen LogP contribution in [0.25, 0.3) is 22.3 Å². The van der Waals surface area contributed by atoms with Crippen LogP contribution in [0.5, 0.6) is 0 Å². The largest absolute Gasteiger partial charge is 0.506 e. The first-order chi connectivity index (χ1) is 19.5. The fourth-order valence-corrected chi connectivity index (χ4v) is 5.84. The Morgan fingerprint density at radius 3 is 2.51 bits per heavy atom. The van der Waals surface area contributed by atoms with Crippen molar-refractivity contribution in [2.75, 3.05) is 7.05 Å². The maximum absolute atomic E-state index is 14.5. The number of carboxylic acid groups (broad SMARTS) is 1. The number of aromatic nitrogens is 2. The Hall–Kier alpha value is -3.79. The normalized spacial score (nSPS) is 13.8. The molecule has 0 saturated heterocycles. The molecule has 220 valence electrons. The highest BCUT2D eigenvalue weighted by Gasteiger charge is 2.30. The Morgan fingerprint density at radius 1 is 1.17 bits per heavy atom. The fraction of sp³-hybridized carbons (Fsp3) is 0.484. The summed E-state index contributed by atoms with van der Waals surface area (Å²) in [6.45, 7) is 9.66. The maximum Gasteiger partial charge on any atom is 0.506 e. The third-order valence-corrected chi connectivity index (χ3v) is 7.70. The van der Waals surface area contributed by atoms with E-state index in [9.17, 15) is 18.8 Å². The van der Waals surface area contributed by atoms with E-state index >= 15 is 0 Å². The molecular formula is C31H38FN3O6. The SMILES string of the molecule is CCc1cc2n(c(=O)c1COC(=O)O)Cc1c-2nc2cc(F)c(C)c3c2c1CCC3.CNC(=O)CC(C)OC(C)C. The van der Waals surface area contributed by atoms with Crippen LogP contribution in [0.15, 0.2) is 16.9 Å². The summed E-state index contributed by atoms with van der Waals surface area (Å²) in [6.07, 6.45) is 2.43. The van der Waals surface area contributed by atoms with Gasteiger partial charge in [-0.15, -0.1) is 0 Å². The number of ether oxygens (including phenoxy) is 2. The van der Waals surface area contributed by atoms with Gasteiger partial charge < -0.3 is 24.5 Å². The van der Waals surface area contributed by atoms with E-state index in [0.29, 0.717) is 41.7 Å². The molecule has 10 heteroatoms. The molecule has 1 unspecified atom stereocenters. The Morgan fingerprint density at radius 2 is 1.88 bits per heavy atom. The number of rotatable bonds is 7. The van der Waals surface area contributed by atoms with E-state index in [1.807, 2.05) is 40.7 Å². The molecule has 1 aliphatic carbocycles. The minimum atomic E-state index is -1.41. The van der Waals surface area contributed by atoms with Crippen molar-refractivity contribution in [2.24, 2.45) is 0 Å². The second kappa shape index (κ2) is 12.4. The second-order valence-electron chi connectivity index (χ2n) is 10.8. The van der Waals surface area contributed by atoms with Crippen molar-refractivity contribution < 1.29 is 28.6 Å². The summed E-state index contributed by atoms with van der Waals surface area (Å²) >= 11 is 0. The van der Waals surface area contributed by atoms with Crippen LogP contribution >= 0.6 is 0 Å². The number of carbonyl (C=O) groups is 2. The zero-order valence-corrected chi connectivity index (χ0v) is 24.5. The Balaban J connectivity index is 0.000000301. The molecule has 0 radical (unpaired) electrons. The molecule has 1 atom stereocenters. The summed E-state index contributed by atoms with van der Waals surface area (Å²) < 4.78 is 26.2. The minimum Gasteiger partial charge on any atom is -0.450 e. The third kappa shape index (κ3) is 6.12. The number of nitrogens with one attached hydrogen (secondary N) is 1. The summed E-state index contributed by atoms with van der Waals surface area (Å²) in [4.78, 5) is 39.7. The molecule has 0 fully saturated rings. The molecule has 0 bridgehead atoms. The number of aryl methyl sites for hydroxylation is 3. The summed E-state index contributed by atoms with van der Waals surface area (Å²) in [5.74, 6) is -0.221. The van der Waals surface area contributed by atoms with Gasteiger partial charge in [-0.3, -0.25) is 9.59 Å². The number of benzene rings is 1. The van der Waals surface area contributed by atoms with Gasteiger partial charge in [-0.05, 0) is 81.7 Å². The Labute approximate surface area is 238 Å². The van der Waals surface area contributed by atoms with Crippen molar-refractivity contribution in [3.05, 3.63) is 61.7 Å². The molecule has 0 saturated carbocycles. The Bertz CT molecular complexity index is 1560. The van der Waals surface area contributed by atoms with Gasteiger partial charge >= 0.3 is 6.16 Å². The quantitative estimate of drug-likeness (QED) is 0.300. The monoisotopic (exact) mass is 567 g/mol. The van der Waals surface area contributed by atoms with Gasteiger partial charge in [0.15, 0.2) is 0 Å². The summed E-state index contributed by atoms with van der Waals surface area (Å²) in [5, 5.41) is 12.4. The topological polar surface area (TPSA) is 120 Å². The van der Waals surface area contributed by atoms with Crippen molar-refractivity contribution in [2.45, 2.75) is 92.1 Å². The molecule has 2 aliphatic rings. The van der Waals surface area contributed by atoms with E-state index in [2.05, 4.69) is 5.32 Å². The van der Waals surface area contributed by atoms with Gasteiger partial charge in [-0.2, -0.15) is 0 Å². The lowest BCUT2D eigenvalue weighted by Crippen LogP contribution is -2.26. The van der Waals surface area contributed by atoms with Crippen molar-refractivity contribution >= 4 is 23.0 Å². The van der Waals surface area contributed by atoms with E-state index in [-0.39, 0.29) is 36.1 Å². The molecule has 2 N–H and O–H groups in total. The molecule has 1 aromatic carbocycles. The van der Waals surface area contributed by atoms with Gasteiger partial charge in [0.2, 0.25) is 5.91 Å². The molecule has 1 aliphatic heterocycles. The summed E-state index contributed by atoms with van der Waals surface area (Å²) in [7, 11) is 1.63. The molecule has 3 heterocycles. The maximum atomic E-state index is 14.5. The van der Waals surface area contributed by atoms with E-state index in [1.54, 1.807) is 11.6 Å². The average Bonchev–Trinajstić information content (AvgIpc) is 3.29. The van der Waals surface area contributed by atoms with Crippen LogP contribution in [0.1, 0.15) is 73.9 Å². The third-order valence-electron chi connectivity index (χ3n) is 7.70. The molecule has 0 spiro atoms. The van der Waals surface area contributed by atoms with Gasteiger partial charge in [0, 0.05) is 24.1 Å². The molecule has 9 nitrogen and oxygen atoms in total. The lowest BCUT2D eigenvalue weighted by atomic mass is 9.85. The van der Waals surface area contributed by atoms with E-state index < -0.39 is 6.16 Å². The predicted octanol–water partition coefficient (Wildman–Crippen LogP) is 5.05. The molecule has 2 aromatic heterocycles. The van der Waals surface area contributed by atoms with Gasteiger partial charge in [0.05, 0.1) is 47.6 Å². The first-order valence-corrected chi connectivity index (χ1v) is 14.1. The lowest BCUT2D eigenvalue weighted by Gasteiger charge is -2.21. The predicted molar refractivity (Wildman–Crippen MR) is 154 cm³/mol. The molecule has 41 heavy (non-hydrogen) atoms. The van der Waals surface area contributed by atoms with Crippen molar-refractivity contribution in [3.8, 4) is 11.4 Å². The van der Waals surface area contributed by atoms with Gasteiger partial charge in [0.1, 0.15) is 12.4 Å². The van der Waals surface area contributed by atoms with Crippen LogP contribution in [0.4, 0.5) is 9.18 Å². The van der Waals surface area contributed by atoms with Gasteiger partial charge in [-0.1, -0.05) is 6.92 Å². The molecule has 3 aromatic rings. The number of fused-ring (bicyclic) bond motifs is 4. The van der Waals surface area contributed by atoms with Crippen molar-refractivity contribution in [1.29, 1.82) is 0 Å². The molecule has 1 amide bonds. The second-order valence-corrected chi connectivity index (χ2v) is 10.8. The lowest BCUT2D eigenvalue weighted by molar-refractivity contribution is -0.123. The number of pyridine rings is 2. The zero-order valence-electron chi connectivity index (χ0n) is 24.5. The number of hydrogen-bond acceptors (Lipinski definition) is 6. The van der Waals surface area contributed by atoms with E-state index in [4.69, 9.17) is 19.6 Å². The van der Waals surface area contributed by atoms with Crippen LogP contribution in [-0.2, 0) is 46.7 Å². The van der Waals surface area contributed by atoms with Crippen LogP contribution in [0.3, 0.4) is 0 Å². The van der Waals surface area contributed by atoms with Crippen LogP contribution in [0, 0.1) is 12.7 Å². The number of hydrogen-bond donors (Lipinski definition) is 2. The standard InChI is InChI=1S/C23H21FN2O4.C8H17NO2/c1-3-12-7-19-21-15(9-26(19)22(27)16(12)10-30-23(28)29)14-6-4-5-13-11(2)17(24)8-18(25-21)20(13)14;1-6(2)11-7(3)5-8(10)9-4/h7-8H,3-6,9-10H2,1-2H3,(H,28,29);6-7H,5H2,1-4H3,(H,9,10). The fourth-order valence-electron chi connectivity index (χ4n) is 5.84. The number of halogens is 1. The number of carbonyl (C=O) groups excluding carboxylic acids is 1. The number of amides is 1. The molecular weight excluding hydrogens is 529 g/mol. The smallest absolute Gasteiger partial charge is 0.450 e. The van der Waals surface area contributed by atoms with E-state index in [1.165, 1.54) is 6.07 Å². The minimum absolute atomic E-state index is 0.00921. The van der Waals surface area contributed by atoms with Crippen LogP contribution in [-0.4, -0.2) is 46.0 Å². The van der Waals surface area contributed by atoms with Crippen LogP contribution < -0.4 is 10.9 Å². The highest BCUT2D eigenvalue weighted by molar-refractivity contribution is 5.92. The van der Waals surface area contributed by atoms with E-state index in [0.717, 1.165) is 52.6 Å². The summed E-state index contributed by atoms with van der Waals surface area (Å²) in [5.41, 5.74) is 6.80. The summed E-state index contributed by atoms with van der Waals surface area (Å²) in [6, 6.07) is 3.40. The highest BCUT2D eigenvalue weighted by atomic mass is 19.1. The van der Waals surface area contributed by atoms with Gasteiger partial charge in [0.25, 0.3) is 5.56 Å². The highest BCUT2D eigenvalue weighted by Crippen LogP contribution is 2.41. The van der Waals surface area contributed by atoms with Crippen LogP contribution in [0.2, 0.25) is 0 Å². The zero-order chi connectivity index (χ0) is 30.0. The van der Waals surface area contributed by atoms with Gasteiger partial charge in [-0.25, -0.2) is 14.2 Å². The van der Waals surface area contributed by atoms with Crippen molar-refractivity contribution in [1.82, 2.24) is 14.9 Å². The first-order valence-electron chi connectivity index (χ1n) is 14.1. The molecule has 5 rings (SSSR count). The first kappa shape index (κ1) is 30.2.